The van der Waals surface area contributed by atoms with Gasteiger partial charge in [0.15, 0.2) is 5.12 Å². The quantitative estimate of drug-likeness (QED) is 0.739. The molecule has 2 rings (SSSR count). The number of carbonyl (C=O) groups excluding carboxylic acids is 1. The van der Waals surface area contributed by atoms with Crippen LogP contribution in [0.25, 0.3) is 11.3 Å². The van der Waals surface area contributed by atoms with E-state index >= 15 is 0 Å². The first-order valence-corrected chi connectivity index (χ1v) is 8.45. The Kier molecular flexibility index (Phi) is 6.06. The van der Waals surface area contributed by atoms with Crippen molar-refractivity contribution in [3.05, 3.63) is 33.6 Å². The van der Waals surface area contributed by atoms with E-state index in [4.69, 9.17) is 23.2 Å². The molecule has 0 aliphatic heterocycles. The summed E-state index contributed by atoms with van der Waals surface area (Å²) in [7, 11) is 1.33. The second kappa shape index (κ2) is 7.67. The molecule has 0 unspecified atom stereocenters. The summed E-state index contributed by atoms with van der Waals surface area (Å²) in [5, 5.41) is 3.57. The molecule has 0 saturated heterocycles. The summed E-state index contributed by atoms with van der Waals surface area (Å²) in [4.78, 5) is 11.6. The van der Waals surface area contributed by atoms with E-state index in [1.54, 1.807) is 6.26 Å². The Balaban J connectivity index is 2.52. The third-order valence-corrected chi connectivity index (χ3v) is 4.39. The minimum atomic E-state index is -3.10. The van der Waals surface area contributed by atoms with Gasteiger partial charge in [-0.3, -0.25) is 4.79 Å². The smallest absolute Gasteiger partial charge is 0.388 e. The molecular weight excluding hydrogens is 388 g/mol. The number of hydrogen-bond donors (Lipinski definition) is 0. The summed E-state index contributed by atoms with van der Waals surface area (Å²) in [5.74, 6) is -1.14. The maximum atomic E-state index is 14.2. The summed E-state index contributed by atoms with van der Waals surface area (Å²) >= 11 is 13.0. The third-order valence-electron chi connectivity index (χ3n) is 3.09. The van der Waals surface area contributed by atoms with Crippen molar-refractivity contribution in [1.29, 1.82) is 0 Å². The van der Waals surface area contributed by atoms with Crippen molar-refractivity contribution in [2.45, 2.75) is 13.0 Å². The Morgan fingerprint density at radius 3 is 2.67 bits per heavy atom. The van der Waals surface area contributed by atoms with Crippen LogP contribution in [0.2, 0.25) is 10.0 Å². The lowest BCUT2D eigenvalue weighted by atomic mass is 10.1. The SMILES string of the molecule is CSC(=O)Cc1cc(-c2nn(C)c(OC(F)F)c2Cl)c(F)cc1Cl. The van der Waals surface area contributed by atoms with Gasteiger partial charge in [-0.2, -0.15) is 13.9 Å². The van der Waals surface area contributed by atoms with Crippen LogP contribution in [-0.2, 0) is 18.3 Å². The van der Waals surface area contributed by atoms with E-state index in [0.29, 0.717) is 5.56 Å². The Morgan fingerprint density at radius 1 is 1.42 bits per heavy atom. The molecule has 0 aliphatic rings. The lowest BCUT2D eigenvalue weighted by molar-refractivity contribution is -0.110. The van der Waals surface area contributed by atoms with Crippen molar-refractivity contribution < 1.29 is 22.7 Å². The molecule has 4 nitrogen and oxygen atoms in total. The van der Waals surface area contributed by atoms with Crippen LogP contribution in [0.15, 0.2) is 12.1 Å². The molecular formula is C14H11Cl2F3N2O2S. The number of carbonyl (C=O) groups is 1. The van der Waals surface area contributed by atoms with Crippen molar-refractivity contribution in [2.75, 3.05) is 6.26 Å². The predicted molar refractivity (Wildman–Crippen MR) is 87.5 cm³/mol. The molecule has 0 aliphatic carbocycles. The molecule has 0 atom stereocenters. The molecule has 10 heteroatoms. The summed E-state index contributed by atoms with van der Waals surface area (Å²) in [6.45, 7) is -3.10. The van der Waals surface area contributed by atoms with E-state index in [0.717, 1.165) is 22.5 Å². The Bertz CT molecular complexity index is 784. The first-order valence-electron chi connectivity index (χ1n) is 6.47. The van der Waals surface area contributed by atoms with Gasteiger partial charge in [0.2, 0.25) is 5.88 Å². The highest BCUT2D eigenvalue weighted by molar-refractivity contribution is 8.13. The van der Waals surface area contributed by atoms with E-state index in [9.17, 15) is 18.0 Å². The number of benzene rings is 1. The molecule has 130 valence electrons. The fourth-order valence-corrected chi connectivity index (χ4v) is 2.83. The topological polar surface area (TPSA) is 44.1 Å². The largest absolute Gasteiger partial charge is 0.416 e. The number of alkyl halides is 2. The Hall–Kier alpha value is -1.38. The highest BCUT2D eigenvalue weighted by Crippen LogP contribution is 2.38. The molecule has 0 fully saturated rings. The number of hydrogen-bond acceptors (Lipinski definition) is 4. The van der Waals surface area contributed by atoms with Crippen LogP contribution in [0.5, 0.6) is 5.88 Å². The molecule has 1 heterocycles. The molecule has 0 bridgehead atoms. The van der Waals surface area contributed by atoms with Gasteiger partial charge in [0.25, 0.3) is 0 Å². The molecule has 2 aromatic rings. The summed E-state index contributed by atoms with van der Waals surface area (Å²) in [6.07, 6.45) is 1.60. The first kappa shape index (κ1) is 19.0. The van der Waals surface area contributed by atoms with Crippen LogP contribution >= 0.6 is 35.0 Å². The van der Waals surface area contributed by atoms with E-state index < -0.39 is 18.3 Å². The third kappa shape index (κ3) is 3.99. The summed E-state index contributed by atoms with van der Waals surface area (Å²) < 4.78 is 44.3. The maximum Gasteiger partial charge on any atom is 0.388 e. The number of halogens is 5. The average molecular weight is 399 g/mol. The highest BCUT2D eigenvalue weighted by atomic mass is 35.5. The van der Waals surface area contributed by atoms with Crippen molar-refractivity contribution in [1.82, 2.24) is 9.78 Å². The van der Waals surface area contributed by atoms with Crippen LogP contribution in [0.3, 0.4) is 0 Å². The van der Waals surface area contributed by atoms with Gasteiger partial charge in [-0.1, -0.05) is 35.0 Å². The fraction of sp³-hybridized carbons (Fsp3) is 0.286. The van der Waals surface area contributed by atoms with Crippen molar-refractivity contribution in [3.8, 4) is 17.1 Å². The monoisotopic (exact) mass is 398 g/mol. The summed E-state index contributed by atoms with van der Waals surface area (Å²) in [6, 6.07) is 2.35. The van der Waals surface area contributed by atoms with E-state index in [1.165, 1.54) is 13.1 Å². The summed E-state index contributed by atoms with van der Waals surface area (Å²) in [5.41, 5.74) is 0.236. The number of rotatable bonds is 5. The van der Waals surface area contributed by atoms with Crippen molar-refractivity contribution in [3.63, 3.8) is 0 Å². The Labute approximate surface area is 149 Å². The van der Waals surface area contributed by atoms with Crippen LogP contribution in [-0.4, -0.2) is 27.8 Å². The van der Waals surface area contributed by atoms with Crippen molar-refractivity contribution in [2.24, 2.45) is 7.05 Å². The molecule has 0 radical (unpaired) electrons. The first-order chi connectivity index (χ1) is 11.2. The fourth-order valence-electron chi connectivity index (χ4n) is 2.01. The number of ether oxygens (including phenoxy) is 1. The Morgan fingerprint density at radius 2 is 2.08 bits per heavy atom. The average Bonchev–Trinajstić information content (AvgIpc) is 2.77. The normalized spacial score (nSPS) is 11.2. The number of thioether (sulfide) groups is 1. The van der Waals surface area contributed by atoms with E-state index in [1.807, 2.05) is 0 Å². The zero-order valence-corrected chi connectivity index (χ0v) is 14.8. The molecule has 0 N–H and O–H groups in total. The van der Waals surface area contributed by atoms with Crippen LogP contribution < -0.4 is 4.74 Å². The molecule has 0 amide bonds. The van der Waals surface area contributed by atoms with Gasteiger partial charge in [-0.05, 0) is 24.0 Å². The zero-order valence-electron chi connectivity index (χ0n) is 12.4. The van der Waals surface area contributed by atoms with Gasteiger partial charge in [0, 0.05) is 24.1 Å². The van der Waals surface area contributed by atoms with Crippen LogP contribution in [0, 0.1) is 5.82 Å². The van der Waals surface area contributed by atoms with Gasteiger partial charge in [-0.25, -0.2) is 9.07 Å². The highest BCUT2D eigenvalue weighted by Gasteiger charge is 2.23. The van der Waals surface area contributed by atoms with Gasteiger partial charge in [0.05, 0.1) is 0 Å². The van der Waals surface area contributed by atoms with Crippen molar-refractivity contribution >= 4 is 40.1 Å². The molecule has 0 saturated carbocycles. The lowest BCUT2D eigenvalue weighted by Gasteiger charge is -2.07. The molecule has 0 spiro atoms. The molecule has 1 aromatic carbocycles. The van der Waals surface area contributed by atoms with Crippen LogP contribution in [0.1, 0.15) is 5.56 Å². The lowest BCUT2D eigenvalue weighted by Crippen LogP contribution is -2.06. The van der Waals surface area contributed by atoms with Gasteiger partial charge >= 0.3 is 6.61 Å². The van der Waals surface area contributed by atoms with E-state index in [2.05, 4.69) is 9.84 Å². The minimum absolute atomic E-state index is 0.0158. The molecule has 1 aromatic heterocycles. The molecule has 24 heavy (non-hydrogen) atoms. The number of nitrogens with zero attached hydrogens (tertiary/aromatic N) is 2. The predicted octanol–water partition coefficient (Wildman–Crippen LogP) is 4.57. The number of aryl methyl sites for hydroxylation is 1. The van der Waals surface area contributed by atoms with E-state index in [-0.39, 0.29) is 32.8 Å². The number of aromatic nitrogens is 2. The second-order valence-electron chi connectivity index (χ2n) is 4.65. The van der Waals surface area contributed by atoms with Gasteiger partial charge < -0.3 is 4.74 Å². The maximum absolute atomic E-state index is 14.2. The zero-order chi connectivity index (χ0) is 18.0. The minimum Gasteiger partial charge on any atom is -0.416 e. The van der Waals surface area contributed by atoms with Gasteiger partial charge in [0.1, 0.15) is 16.5 Å². The van der Waals surface area contributed by atoms with Gasteiger partial charge in [-0.15, -0.1) is 0 Å². The standard InChI is InChI=1S/C14H11Cl2F3N2O2S/c1-21-13(23-14(18)19)11(16)12(20-21)7-3-6(4-10(22)24-2)8(15)5-9(7)17/h3,5,14H,4H2,1-2H3. The second-order valence-corrected chi connectivity index (χ2v) is 6.29. The van der Waals surface area contributed by atoms with Crippen LogP contribution in [0.4, 0.5) is 13.2 Å².